The molecule has 15 heavy (non-hydrogen) atoms. The zero-order valence-corrected chi connectivity index (χ0v) is 9.95. The largest absolute Gasteiger partial charge is 0.302 e. The number of thiazole rings is 1. The maximum absolute atomic E-state index is 13.0. The standard InChI is InChI=1S/C8H5BrFN3OS/c1-3(14)11-8-13-7-5(15-8)2-4(9)6(10)12-7/h2H,1H3,(H,11,12,13,14). The number of rotatable bonds is 1. The molecule has 0 fully saturated rings. The van der Waals surface area contributed by atoms with Gasteiger partial charge in [0.15, 0.2) is 10.8 Å². The molecule has 2 aromatic heterocycles. The van der Waals surface area contributed by atoms with Gasteiger partial charge in [-0.15, -0.1) is 0 Å². The molecular formula is C8H5BrFN3OS. The summed E-state index contributed by atoms with van der Waals surface area (Å²) in [6.07, 6.45) is 0. The second-order valence-corrected chi connectivity index (χ2v) is 4.67. The van der Waals surface area contributed by atoms with Crippen molar-refractivity contribution in [3.05, 3.63) is 16.5 Å². The van der Waals surface area contributed by atoms with Gasteiger partial charge in [-0.3, -0.25) is 4.79 Å². The van der Waals surface area contributed by atoms with Gasteiger partial charge >= 0.3 is 0 Å². The minimum Gasteiger partial charge on any atom is -0.302 e. The molecule has 1 amide bonds. The fourth-order valence-corrected chi connectivity index (χ4v) is 2.39. The first-order valence-corrected chi connectivity index (χ1v) is 5.57. The van der Waals surface area contributed by atoms with Gasteiger partial charge in [0.05, 0.1) is 9.17 Å². The van der Waals surface area contributed by atoms with Crippen molar-refractivity contribution in [2.45, 2.75) is 6.92 Å². The molecule has 0 unspecified atom stereocenters. The van der Waals surface area contributed by atoms with Crippen LogP contribution in [0.15, 0.2) is 10.5 Å². The van der Waals surface area contributed by atoms with Gasteiger partial charge in [0.2, 0.25) is 11.9 Å². The van der Waals surface area contributed by atoms with Gasteiger partial charge in [0.25, 0.3) is 0 Å². The summed E-state index contributed by atoms with van der Waals surface area (Å²) in [5.74, 6) is -0.823. The second-order valence-electron chi connectivity index (χ2n) is 2.78. The molecule has 2 aromatic rings. The van der Waals surface area contributed by atoms with Crippen LogP contribution >= 0.6 is 27.3 Å². The molecule has 7 heteroatoms. The van der Waals surface area contributed by atoms with Gasteiger partial charge in [0, 0.05) is 6.92 Å². The lowest BCUT2D eigenvalue weighted by atomic mass is 10.5. The lowest BCUT2D eigenvalue weighted by Crippen LogP contribution is -2.04. The van der Waals surface area contributed by atoms with Gasteiger partial charge in [-0.1, -0.05) is 11.3 Å². The first-order valence-electron chi connectivity index (χ1n) is 3.96. The number of aromatic nitrogens is 2. The van der Waals surface area contributed by atoms with E-state index in [0.29, 0.717) is 15.5 Å². The van der Waals surface area contributed by atoms with E-state index in [1.165, 1.54) is 18.3 Å². The molecule has 0 saturated carbocycles. The molecule has 0 aliphatic carbocycles. The van der Waals surface area contributed by atoms with Crippen LogP contribution in [0.3, 0.4) is 0 Å². The van der Waals surface area contributed by atoms with Crippen molar-refractivity contribution in [1.29, 1.82) is 0 Å². The van der Waals surface area contributed by atoms with Crippen LogP contribution in [-0.2, 0) is 4.79 Å². The highest BCUT2D eigenvalue weighted by Gasteiger charge is 2.09. The number of nitrogens with zero attached hydrogens (tertiary/aromatic N) is 2. The number of halogens is 2. The normalized spacial score (nSPS) is 10.6. The van der Waals surface area contributed by atoms with E-state index >= 15 is 0 Å². The van der Waals surface area contributed by atoms with E-state index < -0.39 is 5.95 Å². The average molecular weight is 290 g/mol. The summed E-state index contributed by atoms with van der Waals surface area (Å²) in [4.78, 5) is 18.4. The molecule has 0 aromatic carbocycles. The highest BCUT2D eigenvalue weighted by atomic mass is 79.9. The predicted molar refractivity (Wildman–Crippen MR) is 59.4 cm³/mol. The van der Waals surface area contributed by atoms with E-state index in [9.17, 15) is 9.18 Å². The Labute approximate surface area is 96.7 Å². The van der Waals surface area contributed by atoms with Gasteiger partial charge in [-0.2, -0.15) is 14.4 Å². The molecule has 0 spiro atoms. The van der Waals surface area contributed by atoms with E-state index in [1.807, 2.05) is 0 Å². The van der Waals surface area contributed by atoms with E-state index in [2.05, 4.69) is 31.2 Å². The Morgan fingerprint density at radius 3 is 3.00 bits per heavy atom. The molecular weight excluding hydrogens is 285 g/mol. The number of amides is 1. The fraction of sp³-hybridized carbons (Fsp3) is 0.125. The number of hydrogen-bond acceptors (Lipinski definition) is 4. The zero-order chi connectivity index (χ0) is 11.0. The molecule has 0 bridgehead atoms. The molecule has 2 rings (SSSR count). The number of hydrogen-bond donors (Lipinski definition) is 1. The minimum atomic E-state index is -0.609. The Balaban J connectivity index is 2.51. The Morgan fingerprint density at radius 1 is 1.60 bits per heavy atom. The van der Waals surface area contributed by atoms with Crippen molar-refractivity contribution in [2.24, 2.45) is 0 Å². The van der Waals surface area contributed by atoms with Gasteiger partial charge in [0.1, 0.15) is 0 Å². The van der Waals surface area contributed by atoms with E-state index in [-0.39, 0.29) is 10.4 Å². The molecule has 0 aliphatic rings. The molecule has 0 saturated heterocycles. The van der Waals surface area contributed by atoms with Gasteiger partial charge < -0.3 is 5.32 Å². The van der Waals surface area contributed by atoms with Crippen molar-refractivity contribution in [3.63, 3.8) is 0 Å². The fourth-order valence-electron chi connectivity index (χ4n) is 1.02. The zero-order valence-electron chi connectivity index (χ0n) is 7.54. The molecule has 78 valence electrons. The van der Waals surface area contributed by atoms with Crippen LogP contribution in [0, 0.1) is 5.95 Å². The maximum atomic E-state index is 13.0. The summed E-state index contributed by atoms with van der Waals surface area (Å²) < 4.78 is 14.0. The first-order chi connectivity index (χ1) is 7.06. The minimum absolute atomic E-state index is 0.214. The lowest BCUT2D eigenvalue weighted by Gasteiger charge is -1.91. The van der Waals surface area contributed by atoms with E-state index in [4.69, 9.17) is 0 Å². The summed E-state index contributed by atoms with van der Waals surface area (Å²) in [5.41, 5.74) is 0.296. The van der Waals surface area contributed by atoms with Crippen molar-refractivity contribution < 1.29 is 9.18 Å². The number of anilines is 1. The van der Waals surface area contributed by atoms with E-state index in [0.717, 1.165) is 0 Å². The maximum Gasteiger partial charge on any atom is 0.229 e. The van der Waals surface area contributed by atoms with Crippen LogP contribution in [0.2, 0.25) is 0 Å². The molecule has 4 nitrogen and oxygen atoms in total. The van der Waals surface area contributed by atoms with Crippen molar-refractivity contribution in [1.82, 2.24) is 9.97 Å². The molecule has 1 N–H and O–H groups in total. The molecule has 0 aliphatic heterocycles. The van der Waals surface area contributed by atoms with Crippen molar-refractivity contribution >= 4 is 48.7 Å². The molecule has 0 atom stereocenters. The third kappa shape index (κ3) is 2.13. The molecule has 0 radical (unpaired) electrons. The predicted octanol–water partition coefficient (Wildman–Crippen LogP) is 2.55. The summed E-state index contributed by atoms with van der Waals surface area (Å²) in [6, 6.07) is 1.58. The number of fused-ring (bicyclic) bond motifs is 1. The summed E-state index contributed by atoms with van der Waals surface area (Å²) >= 11 is 4.28. The highest BCUT2D eigenvalue weighted by Crippen LogP contribution is 2.28. The SMILES string of the molecule is CC(=O)Nc1nc2nc(F)c(Br)cc2s1. The Hall–Kier alpha value is -1.08. The van der Waals surface area contributed by atoms with Gasteiger partial charge in [-0.25, -0.2) is 0 Å². The van der Waals surface area contributed by atoms with Crippen molar-refractivity contribution in [2.75, 3.05) is 5.32 Å². The Kier molecular flexibility index (Phi) is 2.66. The van der Waals surface area contributed by atoms with Crippen molar-refractivity contribution in [3.8, 4) is 0 Å². The third-order valence-corrected chi connectivity index (χ3v) is 3.04. The van der Waals surface area contributed by atoms with Crippen LogP contribution < -0.4 is 5.32 Å². The Morgan fingerprint density at radius 2 is 2.33 bits per heavy atom. The number of carbonyl (C=O) groups excluding carboxylic acids is 1. The second kappa shape index (κ2) is 3.82. The lowest BCUT2D eigenvalue weighted by molar-refractivity contribution is -0.114. The van der Waals surface area contributed by atoms with Gasteiger partial charge in [-0.05, 0) is 22.0 Å². The highest BCUT2D eigenvalue weighted by molar-refractivity contribution is 9.10. The topological polar surface area (TPSA) is 54.9 Å². The summed E-state index contributed by atoms with van der Waals surface area (Å²) in [7, 11) is 0. The number of nitrogens with one attached hydrogen (secondary N) is 1. The Bertz CT molecular complexity index is 503. The summed E-state index contributed by atoms with van der Waals surface area (Å²) in [6.45, 7) is 1.38. The quantitative estimate of drug-likeness (QED) is 0.821. The number of carbonyl (C=O) groups is 1. The smallest absolute Gasteiger partial charge is 0.229 e. The third-order valence-electron chi connectivity index (χ3n) is 1.58. The van der Waals surface area contributed by atoms with Crippen LogP contribution in [0.5, 0.6) is 0 Å². The van der Waals surface area contributed by atoms with Crippen LogP contribution in [0.1, 0.15) is 6.92 Å². The van der Waals surface area contributed by atoms with E-state index in [1.54, 1.807) is 6.07 Å². The monoisotopic (exact) mass is 289 g/mol. The van der Waals surface area contributed by atoms with Crippen LogP contribution in [-0.4, -0.2) is 15.9 Å². The first kappa shape index (κ1) is 10.4. The molecule has 2 heterocycles. The number of pyridine rings is 1. The van der Waals surface area contributed by atoms with Crippen LogP contribution in [0.25, 0.3) is 10.3 Å². The van der Waals surface area contributed by atoms with Crippen LogP contribution in [0.4, 0.5) is 9.52 Å². The average Bonchev–Trinajstić information content (AvgIpc) is 2.46. The summed E-state index contributed by atoms with van der Waals surface area (Å²) in [5, 5.41) is 2.94.